The van der Waals surface area contributed by atoms with Crippen LogP contribution in [0.1, 0.15) is 5.56 Å². The molecule has 12 heavy (non-hydrogen) atoms. The molecule has 0 fully saturated rings. The normalized spacial score (nSPS) is 8.33. The largest absolute Gasteiger partial charge is 0.240 e. The van der Waals surface area contributed by atoms with Gasteiger partial charge in [-0.25, -0.2) is 4.79 Å². The van der Waals surface area contributed by atoms with Crippen molar-refractivity contribution in [2.45, 2.75) is 0 Å². The number of isocyanates is 1. The molecule has 0 radical (unpaired) electrons. The van der Waals surface area contributed by atoms with Crippen LogP contribution in [0.3, 0.4) is 0 Å². The van der Waals surface area contributed by atoms with E-state index in [4.69, 9.17) is 5.26 Å². The highest BCUT2D eigenvalue weighted by atomic mass is 79.9. The Bertz CT molecular complexity index is 389. The fraction of sp³-hybridized carbons (Fsp3) is 0. The van der Waals surface area contributed by atoms with Gasteiger partial charge in [-0.3, -0.25) is 0 Å². The zero-order valence-corrected chi connectivity index (χ0v) is 7.50. The molecule has 1 rings (SSSR count). The molecule has 0 saturated heterocycles. The average molecular weight is 223 g/mol. The highest BCUT2D eigenvalue weighted by molar-refractivity contribution is 9.10. The summed E-state index contributed by atoms with van der Waals surface area (Å²) in [4.78, 5) is 13.3. The van der Waals surface area contributed by atoms with E-state index in [2.05, 4.69) is 20.9 Å². The number of hydrogen-bond donors (Lipinski definition) is 0. The number of rotatable bonds is 1. The van der Waals surface area contributed by atoms with Crippen LogP contribution in [-0.4, -0.2) is 6.08 Å². The number of halogens is 1. The Labute approximate surface area is 77.5 Å². The van der Waals surface area contributed by atoms with Crippen molar-refractivity contribution in [3.63, 3.8) is 0 Å². The second-order valence-corrected chi connectivity index (χ2v) is 2.89. The monoisotopic (exact) mass is 222 g/mol. The molecule has 3 nitrogen and oxygen atoms in total. The SMILES string of the molecule is N#Cc1cc(Br)ccc1N=C=O. The Hall–Kier alpha value is -1.43. The maximum Gasteiger partial charge on any atom is 0.240 e. The third-order valence-corrected chi connectivity index (χ3v) is 1.74. The molecule has 0 aliphatic carbocycles. The van der Waals surface area contributed by atoms with Gasteiger partial charge in [0.05, 0.1) is 11.3 Å². The van der Waals surface area contributed by atoms with Crippen molar-refractivity contribution in [2.24, 2.45) is 4.99 Å². The van der Waals surface area contributed by atoms with Crippen LogP contribution in [0.25, 0.3) is 0 Å². The van der Waals surface area contributed by atoms with Crippen LogP contribution in [0.2, 0.25) is 0 Å². The van der Waals surface area contributed by atoms with Gasteiger partial charge in [0.15, 0.2) is 0 Å². The second kappa shape index (κ2) is 3.82. The molecule has 1 aromatic rings. The highest BCUT2D eigenvalue weighted by Gasteiger charge is 1.99. The molecule has 0 aliphatic heterocycles. The Morgan fingerprint density at radius 1 is 1.50 bits per heavy atom. The van der Waals surface area contributed by atoms with Gasteiger partial charge < -0.3 is 0 Å². The van der Waals surface area contributed by atoms with Crippen LogP contribution in [0.4, 0.5) is 5.69 Å². The van der Waals surface area contributed by atoms with E-state index in [0.29, 0.717) is 11.3 Å². The lowest BCUT2D eigenvalue weighted by Gasteiger charge is -1.94. The van der Waals surface area contributed by atoms with E-state index in [9.17, 15) is 4.79 Å². The molecule has 0 N–H and O–H groups in total. The smallest absolute Gasteiger partial charge is 0.211 e. The maximum absolute atomic E-state index is 9.91. The van der Waals surface area contributed by atoms with E-state index in [-0.39, 0.29) is 0 Å². The quantitative estimate of drug-likeness (QED) is 0.541. The molecule has 0 unspecified atom stereocenters. The van der Waals surface area contributed by atoms with E-state index in [0.717, 1.165) is 4.47 Å². The summed E-state index contributed by atoms with van der Waals surface area (Å²) in [6, 6.07) is 6.79. The minimum atomic E-state index is 0.343. The summed E-state index contributed by atoms with van der Waals surface area (Å²) < 4.78 is 0.781. The van der Waals surface area contributed by atoms with Crippen LogP contribution in [0, 0.1) is 11.3 Å². The van der Waals surface area contributed by atoms with Crippen molar-refractivity contribution in [3.8, 4) is 6.07 Å². The van der Waals surface area contributed by atoms with E-state index < -0.39 is 0 Å². The van der Waals surface area contributed by atoms with Crippen molar-refractivity contribution >= 4 is 27.7 Å². The number of nitrogens with zero attached hydrogens (tertiary/aromatic N) is 2. The minimum Gasteiger partial charge on any atom is -0.211 e. The number of aliphatic imine (C=N–C) groups is 1. The third kappa shape index (κ3) is 1.79. The van der Waals surface area contributed by atoms with Gasteiger partial charge in [-0.2, -0.15) is 10.3 Å². The minimum absolute atomic E-state index is 0.343. The second-order valence-electron chi connectivity index (χ2n) is 1.98. The zero-order chi connectivity index (χ0) is 8.97. The van der Waals surface area contributed by atoms with Crippen LogP contribution >= 0.6 is 15.9 Å². The lowest BCUT2D eigenvalue weighted by Crippen LogP contribution is -1.75. The van der Waals surface area contributed by atoms with Crippen LogP contribution < -0.4 is 0 Å². The van der Waals surface area contributed by atoms with Crippen molar-refractivity contribution in [2.75, 3.05) is 0 Å². The number of carbonyl (C=O) groups excluding carboxylic acids is 1. The van der Waals surface area contributed by atoms with Gasteiger partial charge in [-0.05, 0) is 18.2 Å². The number of hydrogen-bond acceptors (Lipinski definition) is 3. The Balaban J connectivity index is 3.31. The molecule has 0 heterocycles. The van der Waals surface area contributed by atoms with Crippen LogP contribution in [-0.2, 0) is 4.79 Å². The lowest BCUT2D eigenvalue weighted by atomic mass is 10.2. The van der Waals surface area contributed by atoms with Gasteiger partial charge >= 0.3 is 0 Å². The summed E-state index contributed by atoms with van der Waals surface area (Å²) >= 11 is 3.20. The van der Waals surface area contributed by atoms with E-state index in [1.54, 1.807) is 18.2 Å². The fourth-order valence-corrected chi connectivity index (χ4v) is 1.11. The van der Waals surface area contributed by atoms with Crippen molar-refractivity contribution in [3.05, 3.63) is 28.2 Å². The van der Waals surface area contributed by atoms with Crippen molar-refractivity contribution in [1.29, 1.82) is 5.26 Å². The van der Waals surface area contributed by atoms with Crippen molar-refractivity contribution in [1.82, 2.24) is 0 Å². The van der Waals surface area contributed by atoms with Gasteiger partial charge in [0.2, 0.25) is 6.08 Å². The van der Waals surface area contributed by atoms with Gasteiger partial charge in [0.1, 0.15) is 6.07 Å². The predicted octanol–water partition coefficient (Wildman–Crippen LogP) is 2.29. The first-order valence-electron chi connectivity index (χ1n) is 3.05. The first-order chi connectivity index (χ1) is 5.77. The number of benzene rings is 1. The highest BCUT2D eigenvalue weighted by Crippen LogP contribution is 2.21. The Morgan fingerprint density at radius 2 is 2.25 bits per heavy atom. The van der Waals surface area contributed by atoms with Gasteiger partial charge in [-0.15, -0.1) is 0 Å². The standard InChI is InChI=1S/C8H3BrN2O/c9-7-1-2-8(11-5-12)6(3-7)4-10/h1-3H. The first-order valence-corrected chi connectivity index (χ1v) is 3.84. The molecule has 58 valence electrons. The molecular weight excluding hydrogens is 220 g/mol. The Kier molecular flexibility index (Phi) is 2.76. The molecule has 0 aromatic heterocycles. The van der Waals surface area contributed by atoms with E-state index >= 15 is 0 Å². The molecule has 4 heteroatoms. The molecule has 0 bridgehead atoms. The topological polar surface area (TPSA) is 53.2 Å². The average Bonchev–Trinajstić information content (AvgIpc) is 2.08. The zero-order valence-electron chi connectivity index (χ0n) is 5.91. The van der Waals surface area contributed by atoms with Crippen molar-refractivity contribution < 1.29 is 4.79 Å². The summed E-state index contributed by atoms with van der Waals surface area (Å²) in [6.07, 6.45) is 1.39. The Morgan fingerprint density at radius 3 is 2.83 bits per heavy atom. The van der Waals surface area contributed by atoms with Crippen LogP contribution in [0.15, 0.2) is 27.7 Å². The molecule has 0 amide bonds. The van der Waals surface area contributed by atoms with Gasteiger partial charge in [-0.1, -0.05) is 15.9 Å². The predicted molar refractivity (Wildman–Crippen MR) is 46.6 cm³/mol. The lowest BCUT2D eigenvalue weighted by molar-refractivity contribution is 0.565. The maximum atomic E-state index is 9.91. The summed E-state index contributed by atoms with van der Waals surface area (Å²) in [5.74, 6) is 0. The van der Waals surface area contributed by atoms with E-state index in [1.807, 2.05) is 6.07 Å². The number of nitriles is 1. The molecule has 0 spiro atoms. The van der Waals surface area contributed by atoms with Gasteiger partial charge in [0.25, 0.3) is 0 Å². The molecule has 0 aliphatic rings. The summed E-state index contributed by atoms with van der Waals surface area (Å²) in [5, 5.41) is 8.61. The molecular formula is C8H3BrN2O. The third-order valence-electron chi connectivity index (χ3n) is 1.25. The van der Waals surface area contributed by atoms with Crippen LogP contribution in [0.5, 0.6) is 0 Å². The fourth-order valence-electron chi connectivity index (χ4n) is 0.744. The van der Waals surface area contributed by atoms with Gasteiger partial charge in [0, 0.05) is 4.47 Å². The molecule has 0 atom stereocenters. The molecule has 1 aromatic carbocycles. The molecule has 0 saturated carbocycles. The first kappa shape index (κ1) is 8.66. The summed E-state index contributed by atoms with van der Waals surface area (Å²) in [7, 11) is 0. The summed E-state index contributed by atoms with van der Waals surface area (Å²) in [5.41, 5.74) is 0.698. The summed E-state index contributed by atoms with van der Waals surface area (Å²) in [6.45, 7) is 0. The van der Waals surface area contributed by atoms with E-state index in [1.165, 1.54) is 6.08 Å².